The van der Waals surface area contributed by atoms with E-state index < -0.39 is 5.92 Å². The van der Waals surface area contributed by atoms with Crippen molar-refractivity contribution in [1.82, 2.24) is 5.32 Å². The number of carbonyl (C=O) groups is 1. The van der Waals surface area contributed by atoms with Gasteiger partial charge in [0.1, 0.15) is 5.92 Å². The molecule has 1 aromatic rings. The van der Waals surface area contributed by atoms with Gasteiger partial charge in [0.15, 0.2) is 0 Å². The van der Waals surface area contributed by atoms with Crippen molar-refractivity contribution in [1.29, 1.82) is 0 Å². The molecule has 0 heterocycles. The maximum absolute atomic E-state index is 12.6. The van der Waals surface area contributed by atoms with E-state index in [1.54, 1.807) is 0 Å². The lowest BCUT2D eigenvalue weighted by atomic mass is 9.80. The maximum atomic E-state index is 12.6. The van der Waals surface area contributed by atoms with Gasteiger partial charge in [-0.2, -0.15) is 0 Å². The van der Waals surface area contributed by atoms with Crippen LogP contribution in [0.5, 0.6) is 0 Å². The fourth-order valence-electron chi connectivity index (χ4n) is 3.44. The summed E-state index contributed by atoms with van der Waals surface area (Å²) in [5, 5.41) is 3.15. The zero-order chi connectivity index (χ0) is 15.4. The molecule has 1 fully saturated rings. The first kappa shape index (κ1) is 16.0. The first-order valence-corrected chi connectivity index (χ1v) is 8.02. The van der Waals surface area contributed by atoms with Crippen molar-refractivity contribution < 1.29 is 4.79 Å². The van der Waals surface area contributed by atoms with E-state index in [0.29, 0.717) is 11.8 Å². The molecule has 0 aromatic heterocycles. The molecular formula is C17H24N2OS. The highest BCUT2D eigenvalue weighted by Crippen LogP contribution is 2.29. The molecule has 2 rings (SSSR count). The Kier molecular flexibility index (Phi) is 5.34. The van der Waals surface area contributed by atoms with Crippen molar-refractivity contribution in [3.63, 3.8) is 0 Å². The Morgan fingerprint density at radius 3 is 2.29 bits per heavy atom. The smallest absolute Gasteiger partial charge is 0.234 e. The lowest BCUT2D eigenvalue weighted by Crippen LogP contribution is -2.44. The number of hydrogen-bond acceptors (Lipinski definition) is 2. The van der Waals surface area contributed by atoms with Crippen LogP contribution in [0.2, 0.25) is 0 Å². The van der Waals surface area contributed by atoms with Crippen LogP contribution in [0.25, 0.3) is 0 Å². The average molecular weight is 304 g/mol. The Balaban J connectivity index is 2.08. The topological polar surface area (TPSA) is 55.1 Å². The molecule has 1 aliphatic carbocycles. The number of carbonyl (C=O) groups excluding carboxylic acids is 1. The second kappa shape index (κ2) is 7.03. The molecule has 21 heavy (non-hydrogen) atoms. The van der Waals surface area contributed by atoms with Crippen LogP contribution < -0.4 is 11.1 Å². The van der Waals surface area contributed by atoms with Gasteiger partial charge in [0.05, 0.1) is 4.99 Å². The number of rotatable bonds is 4. The van der Waals surface area contributed by atoms with Crippen LogP contribution in [-0.2, 0) is 4.79 Å². The minimum absolute atomic E-state index is 0.0694. The third kappa shape index (κ3) is 4.27. The fourth-order valence-corrected chi connectivity index (χ4v) is 3.68. The van der Waals surface area contributed by atoms with Gasteiger partial charge in [-0.1, -0.05) is 56.4 Å². The molecule has 3 unspecified atom stereocenters. The van der Waals surface area contributed by atoms with E-state index in [9.17, 15) is 4.79 Å². The van der Waals surface area contributed by atoms with Gasteiger partial charge in [0.2, 0.25) is 5.91 Å². The summed E-state index contributed by atoms with van der Waals surface area (Å²) in [4.78, 5) is 12.8. The van der Waals surface area contributed by atoms with Crippen molar-refractivity contribution in [3.05, 3.63) is 35.9 Å². The Hall–Kier alpha value is -1.42. The highest BCUT2D eigenvalue weighted by Gasteiger charge is 2.29. The molecule has 0 aliphatic heterocycles. The van der Waals surface area contributed by atoms with Crippen LogP contribution in [-0.4, -0.2) is 16.9 Å². The van der Waals surface area contributed by atoms with E-state index >= 15 is 0 Å². The number of benzene rings is 1. The minimum atomic E-state index is -0.534. The summed E-state index contributed by atoms with van der Waals surface area (Å²) in [5.74, 6) is 0.701. The molecule has 0 saturated heterocycles. The minimum Gasteiger partial charge on any atom is -0.392 e. The SMILES string of the molecule is CC1CC(C)CC(NC(=O)C(C(N)=S)c2ccccc2)C1. The van der Waals surface area contributed by atoms with Crippen LogP contribution in [0.15, 0.2) is 30.3 Å². The predicted octanol–water partition coefficient (Wildman–Crippen LogP) is 3.00. The molecule has 1 amide bonds. The van der Waals surface area contributed by atoms with Crippen LogP contribution in [0, 0.1) is 11.8 Å². The second-order valence-corrected chi connectivity index (χ2v) is 6.84. The second-order valence-electron chi connectivity index (χ2n) is 6.37. The number of amides is 1. The van der Waals surface area contributed by atoms with Crippen LogP contribution in [0.4, 0.5) is 0 Å². The van der Waals surface area contributed by atoms with Crippen molar-refractivity contribution in [3.8, 4) is 0 Å². The zero-order valence-corrected chi connectivity index (χ0v) is 13.5. The number of nitrogens with one attached hydrogen (secondary N) is 1. The molecule has 0 radical (unpaired) electrons. The summed E-state index contributed by atoms with van der Waals surface area (Å²) >= 11 is 5.11. The third-order valence-corrected chi connectivity index (χ3v) is 4.44. The molecular weight excluding hydrogens is 280 g/mol. The summed E-state index contributed by atoms with van der Waals surface area (Å²) in [5.41, 5.74) is 6.66. The lowest BCUT2D eigenvalue weighted by molar-refractivity contribution is -0.122. The van der Waals surface area contributed by atoms with Crippen LogP contribution in [0.3, 0.4) is 0 Å². The lowest BCUT2D eigenvalue weighted by Gasteiger charge is -2.32. The van der Waals surface area contributed by atoms with E-state index in [4.69, 9.17) is 18.0 Å². The van der Waals surface area contributed by atoms with Crippen molar-refractivity contribution in [2.75, 3.05) is 0 Å². The van der Waals surface area contributed by atoms with Crippen LogP contribution >= 0.6 is 12.2 Å². The van der Waals surface area contributed by atoms with E-state index in [1.807, 2.05) is 30.3 Å². The zero-order valence-electron chi connectivity index (χ0n) is 12.7. The number of nitrogens with two attached hydrogens (primary N) is 1. The molecule has 114 valence electrons. The van der Waals surface area contributed by atoms with Gasteiger partial charge in [-0.05, 0) is 36.7 Å². The summed E-state index contributed by atoms with van der Waals surface area (Å²) in [6.07, 6.45) is 3.31. The molecule has 4 heteroatoms. The van der Waals surface area contributed by atoms with Crippen molar-refractivity contribution in [2.24, 2.45) is 17.6 Å². The standard InChI is InChI=1S/C17H24N2OS/c1-11-8-12(2)10-14(9-11)19-17(20)15(16(18)21)13-6-4-3-5-7-13/h3-7,11-12,14-15H,8-10H2,1-2H3,(H2,18,21)(H,19,20). The van der Waals surface area contributed by atoms with Crippen molar-refractivity contribution in [2.45, 2.75) is 45.1 Å². The van der Waals surface area contributed by atoms with Gasteiger partial charge in [-0.3, -0.25) is 4.79 Å². The molecule has 1 aromatic carbocycles. The summed E-state index contributed by atoms with van der Waals surface area (Å²) < 4.78 is 0. The van der Waals surface area contributed by atoms with E-state index in [0.717, 1.165) is 18.4 Å². The van der Waals surface area contributed by atoms with E-state index in [2.05, 4.69) is 19.2 Å². The Morgan fingerprint density at radius 1 is 1.19 bits per heavy atom. The van der Waals surface area contributed by atoms with Gasteiger partial charge in [0, 0.05) is 6.04 Å². The molecule has 1 saturated carbocycles. The third-order valence-electron chi connectivity index (χ3n) is 4.20. The molecule has 3 nitrogen and oxygen atoms in total. The first-order valence-electron chi connectivity index (χ1n) is 7.62. The Bertz CT molecular complexity index is 493. The molecule has 0 spiro atoms. The molecule has 3 atom stereocenters. The van der Waals surface area contributed by atoms with Gasteiger partial charge < -0.3 is 11.1 Å². The van der Waals surface area contributed by atoms with Gasteiger partial charge in [-0.15, -0.1) is 0 Å². The Labute approximate surface area is 132 Å². The number of thiocarbonyl (C=S) groups is 1. The monoisotopic (exact) mass is 304 g/mol. The van der Waals surface area contributed by atoms with E-state index in [1.165, 1.54) is 6.42 Å². The fraction of sp³-hybridized carbons (Fsp3) is 0.529. The van der Waals surface area contributed by atoms with Gasteiger partial charge in [-0.25, -0.2) is 0 Å². The maximum Gasteiger partial charge on any atom is 0.234 e. The molecule has 0 bridgehead atoms. The largest absolute Gasteiger partial charge is 0.392 e. The summed E-state index contributed by atoms with van der Waals surface area (Å²) in [6, 6.07) is 9.75. The van der Waals surface area contributed by atoms with Gasteiger partial charge >= 0.3 is 0 Å². The average Bonchev–Trinajstić information content (AvgIpc) is 2.38. The molecule has 1 aliphatic rings. The highest BCUT2D eigenvalue weighted by molar-refractivity contribution is 7.80. The first-order chi connectivity index (χ1) is 9.97. The summed E-state index contributed by atoms with van der Waals surface area (Å²) in [6.45, 7) is 4.49. The van der Waals surface area contributed by atoms with Crippen LogP contribution in [0.1, 0.15) is 44.6 Å². The Morgan fingerprint density at radius 2 is 1.76 bits per heavy atom. The normalized spacial score (nSPS) is 26.9. The molecule has 3 N–H and O–H groups in total. The highest BCUT2D eigenvalue weighted by atomic mass is 32.1. The number of hydrogen-bond donors (Lipinski definition) is 2. The van der Waals surface area contributed by atoms with Gasteiger partial charge in [0.25, 0.3) is 0 Å². The quantitative estimate of drug-likeness (QED) is 0.841. The summed E-state index contributed by atoms with van der Waals surface area (Å²) in [7, 11) is 0. The predicted molar refractivity (Wildman–Crippen MR) is 90.1 cm³/mol. The van der Waals surface area contributed by atoms with E-state index in [-0.39, 0.29) is 16.9 Å². The van der Waals surface area contributed by atoms with Crippen molar-refractivity contribution >= 4 is 23.1 Å².